The third-order valence-electron chi connectivity index (χ3n) is 4.78. The fourth-order valence-corrected chi connectivity index (χ4v) is 4.57. The molecule has 156 valence electrons. The van der Waals surface area contributed by atoms with E-state index in [0.29, 0.717) is 18.8 Å². The maximum absolute atomic E-state index is 12.7. The van der Waals surface area contributed by atoms with E-state index in [4.69, 9.17) is 4.74 Å². The summed E-state index contributed by atoms with van der Waals surface area (Å²) >= 11 is 0. The Hall–Kier alpha value is -3.31. The summed E-state index contributed by atoms with van der Waals surface area (Å²) in [6.07, 6.45) is 1.48. The van der Waals surface area contributed by atoms with E-state index in [1.165, 1.54) is 15.3 Å². The lowest BCUT2D eigenvalue weighted by Gasteiger charge is -2.33. The van der Waals surface area contributed by atoms with Gasteiger partial charge in [-0.3, -0.25) is 4.79 Å². The molecular formula is C19H20N6O4S. The molecule has 30 heavy (non-hydrogen) atoms. The van der Waals surface area contributed by atoms with Gasteiger partial charge in [-0.15, -0.1) is 5.10 Å². The van der Waals surface area contributed by atoms with Crippen molar-refractivity contribution in [3.05, 3.63) is 60.9 Å². The second-order valence-electron chi connectivity index (χ2n) is 6.63. The molecule has 0 radical (unpaired) electrons. The Morgan fingerprint density at radius 3 is 2.30 bits per heavy atom. The molecule has 1 amide bonds. The van der Waals surface area contributed by atoms with Crippen LogP contribution in [0.5, 0.6) is 5.75 Å². The molecule has 0 atom stereocenters. The molecule has 2 heterocycles. The second kappa shape index (κ2) is 8.59. The molecule has 4 rings (SSSR count). The molecule has 11 heteroatoms. The summed E-state index contributed by atoms with van der Waals surface area (Å²) in [5.74, 6) is 0.363. The molecule has 1 aliphatic rings. The standard InChI is InChI=1S/C19H20N6O4S/c26-19(14-29-17-8-6-16(7-9-17)25-15-20-21-22-25)23-10-12-24(13-11-23)30(27,28)18-4-2-1-3-5-18/h1-9,15H,10-14H2. The van der Waals surface area contributed by atoms with Gasteiger partial charge in [0.1, 0.15) is 12.1 Å². The molecular weight excluding hydrogens is 408 g/mol. The largest absolute Gasteiger partial charge is 0.484 e. The zero-order valence-corrected chi connectivity index (χ0v) is 16.9. The van der Waals surface area contributed by atoms with Gasteiger partial charge in [-0.05, 0) is 46.8 Å². The number of amides is 1. The van der Waals surface area contributed by atoms with Crippen molar-refractivity contribution >= 4 is 15.9 Å². The Morgan fingerprint density at radius 1 is 0.967 bits per heavy atom. The van der Waals surface area contributed by atoms with E-state index in [-0.39, 0.29) is 30.5 Å². The topological polar surface area (TPSA) is 111 Å². The van der Waals surface area contributed by atoms with Crippen LogP contribution in [-0.4, -0.2) is 76.5 Å². The van der Waals surface area contributed by atoms with Crippen LogP contribution < -0.4 is 4.74 Å². The highest BCUT2D eigenvalue weighted by atomic mass is 32.2. The number of piperazine rings is 1. The van der Waals surface area contributed by atoms with E-state index in [9.17, 15) is 13.2 Å². The molecule has 10 nitrogen and oxygen atoms in total. The van der Waals surface area contributed by atoms with Crippen LogP contribution in [0, 0.1) is 0 Å². The molecule has 0 N–H and O–H groups in total. The van der Waals surface area contributed by atoms with Gasteiger partial charge in [0.05, 0.1) is 10.6 Å². The van der Waals surface area contributed by atoms with E-state index in [2.05, 4.69) is 15.5 Å². The van der Waals surface area contributed by atoms with Crippen LogP contribution in [0.25, 0.3) is 5.69 Å². The van der Waals surface area contributed by atoms with Gasteiger partial charge in [0.2, 0.25) is 10.0 Å². The van der Waals surface area contributed by atoms with E-state index in [1.54, 1.807) is 59.5 Å². The van der Waals surface area contributed by atoms with Crippen LogP contribution in [0.4, 0.5) is 0 Å². The minimum Gasteiger partial charge on any atom is -0.484 e. The lowest BCUT2D eigenvalue weighted by Crippen LogP contribution is -2.51. The number of carbonyl (C=O) groups is 1. The monoisotopic (exact) mass is 428 g/mol. The zero-order valence-electron chi connectivity index (χ0n) is 16.0. The van der Waals surface area contributed by atoms with Crippen molar-refractivity contribution < 1.29 is 17.9 Å². The molecule has 1 aliphatic heterocycles. The zero-order chi connectivity index (χ0) is 21.0. The lowest BCUT2D eigenvalue weighted by atomic mass is 10.3. The fourth-order valence-electron chi connectivity index (χ4n) is 3.13. The predicted molar refractivity (Wildman–Crippen MR) is 106 cm³/mol. The molecule has 0 bridgehead atoms. The number of rotatable bonds is 6. The van der Waals surface area contributed by atoms with Crippen molar-refractivity contribution in [1.29, 1.82) is 0 Å². The van der Waals surface area contributed by atoms with Crippen LogP contribution in [0.1, 0.15) is 0 Å². The van der Waals surface area contributed by atoms with E-state index < -0.39 is 10.0 Å². The van der Waals surface area contributed by atoms with Crippen molar-refractivity contribution in [1.82, 2.24) is 29.4 Å². The average molecular weight is 428 g/mol. The highest BCUT2D eigenvalue weighted by molar-refractivity contribution is 7.89. The molecule has 1 saturated heterocycles. The number of hydrogen-bond donors (Lipinski definition) is 0. The number of benzene rings is 2. The van der Waals surface area contributed by atoms with Crippen molar-refractivity contribution in [3.8, 4) is 11.4 Å². The van der Waals surface area contributed by atoms with Crippen LogP contribution in [0.2, 0.25) is 0 Å². The van der Waals surface area contributed by atoms with Gasteiger partial charge >= 0.3 is 0 Å². The van der Waals surface area contributed by atoms with Gasteiger partial charge in [-0.2, -0.15) is 4.31 Å². The first-order chi connectivity index (χ1) is 14.5. The summed E-state index contributed by atoms with van der Waals surface area (Å²) < 4.78 is 33.8. The van der Waals surface area contributed by atoms with Crippen LogP contribution in [-0.2, 0) is 14.8 Å². The molecule has 0 aliphatic carbocycles. The molecule has 0 unspecified atom stereocenters. The van der Waals surface area contributed by atoms with Crippen LogP contribution in [0.15, 0.2) is 65.8 Å². The lowest BCUT2D eigenvalue weighted by molar-refractivity contribution is -0.134. The highest BCUT2D eigenvalue weighted by Gasteiger charge is 2.30. The van der Waals surface area contributed by atoms with Crippen molar-refractivity contribution in [2.75, 3.05) is 32.8 Å². The number of hydrogen-bond acceptors (Lipinski definition) is 7. The average Bonchev–Trinajstić information content (AvgIpc) is 3.33. The first-order valence-corrected chi connectivity index (χ1v) is 10.8. The van der Waals surface area contributed by atoms with Gasteiger partial charge in [-0.1, -0.05) is 18.2 Å². The fraction of sp³-hybridized carbons (Fsp3) is 0.263. The summed E-state index contributed by atoms with van der Waals surface area (Å²) in [5, 5.41) is 11.0. The Morgan fingerprint density at radius 2 is 1.67 bits per heavy atom. The number of carbonyl (C=O) groups excluding carboxylic acids is 1. The summed E-state index contributed by atoms with van der Waals surface area (Å²) in [4.78, 5) is 14.3. The first kappa shape index (κ1) is 20.0. The molecule has 3 aromatic rings. The van der Waals surface area contributed by atoms with Crippen molar-refractivity contribution in [3.63, 3.8) is 0 Å². The van der Waals surface area contributed by atoms with Gasteiger partial charge in [0.15, 0.2) is 6.61 Å². The van der Waals surface area contributed by atoms with Gasteiger partial charge in [0.25, 0.3) is 5.91 Å². The van der Waals surface area contributed by atoms with E-state index in [0.717, 1.165) is 5.69 Å². The Bertz CT molecular complexity index is 1080. The van der Waals surface area contributed by atoms with Crippen LogP contribution in [0.3, 0.4) is 0 Å². The number of nitrogens with zero attached hydrogens (tertiary/aromatic N) is 6. The molecule has 0 spiro atoms. The first-order valence-electron chi connectivity index (χ1n) is 9.33. The number of sulfonamides is 1. The summed E-state index contributed by atoms with van der Waals surface area (Å²) in [7, 11) is -3.54. The third-order valence-corrected chi connectivity index (χ3v) is 6.70. The minimum atomic E-state index is -3.54. The SMILES string of the molecule is O=C(COc1ccc(-n2cnnn2)cc1)N1CCN(S(=O)(=O)c2ccccc2)CC1. The summed E-state index contributed by atoms with van der Waals surface area (Å²) in [6.45, 7) is 1.04. The number of ether oxygens (including phenoxy) is 1. The normalized spacial score (nSPS) is 15.1. The minimum absolute atomic E-state index is 0.115. The molecule has 2 aromatic carbocycles. The molecule has 1 fully saturated rings. The quantitative estimate of drug-likeness (QED) is 0.565. The van der Waals surface area contributed by atoms with Gasteiger partial charge < -0.3 is 9.64 Å². The number of tetrazole rings is 1. The van der Waals surface area contributed by atoms with Crippen molar-refractivity contribution in [2.24, 2.45) is 0 Å². The smallest absolute Gasteiger partial charge is 0.260 e. The Balaban J connectivity index is 1.28. The predicted octanol–water partition coefficient (Wildman–Crippen LogP) is 0.574. The maximum atomic E-state index is 12.7. The van der Waals surface area contributed by atoms with Crippen LogP contribution >= 0.6 is 0 Å². The van der Waals surface area contributed by atoms with E-state index >= 15 is 0 Å². The van der Waals surface area contributed by atoms with Gasteiger partial charge in [-0.25, -0.2) is 13.1 Å². The van der Waals surface area contributed by atoms with Gasteiger partial charge in [0, 0.05) is 26.2 Å². The Labute approximate surface area is 173 Å². The highest BCUT2D eigenvalue weighted by Crippen LogP contribution is 2.18. The van der Waals surface area contributed by atoms with Crippen molar-refractivity contribution in [2.45, 2.75) is 4.90 Å². The number of aromatic nitrogens is 4. The summed E-state index contributed by atoms with van der Waals surface area (Å²) in [5.41, 5.74) is 0.773. The van der Waals surface area contributed by atoms with E-state index in [1.807, 2.05) is 0 Å². The molecule has 0 saturated carbocycles. The maximum Gasteiger partial charge on any atom is 0.260 e. The third kappa shape index (κ3) is 4.31. The Kier molecular flexibility index (Phi) is 5.72. The summed E-state index contributed by atoms with van der Waals surface area (Å²) in [6, 6.07) is 15.3. The molecule has 1 aromatic heterocycles. The second-order valence-corrected chi connectivity index (χ2v) is 8.57.